The molecule has 0 radical (unpaired) electrons. The minimum atomic E-state index is -0.108. The van der Waals surface area contributed by atoms with Crippen LogP contribution in [0, 0.1) is 6.92 Å². The molecule has 2 heterocycles. The van der Waals surface area contributed by atoms with Crippen molar-refractivity contribution < 1.29 is 9.53 Å². The Balaban J connectivity index is 2.27. The first-order valence-corrected chi connectivity index (χ1v) is 6.58. The maximum absolute atomic E-state index is 11.6. The number of anilines is 1. The highest BCUT2D eigenvalue weighted by Gasteiger charge is 2.38. The highest BCUT2D eigenvalue weighted by Crippen LogP contribution is 2.34. The van der Waals surface area contributed by atoms with Crippen LogP contribution in [0.2, 0.25) is 0 Å². The normalized spacial score (nSPS) is 28.4. The van der Waals surface area contributed by atoms with Crippen LogP contribution in [0.4, 0.5) is 5.00 Å². The SMILES string of the molecule is CC(=O)c1c(C)nsc1NC1(C)CCOC1C. The molecule has 1 aromatic rings. The molecule has 2 unspecified atom stereocenters. The lowest BCUT2D eigenvalue weighted by atomic mass is 9.94. The Labute approximate surface area is 106 Å². The Hall–Kier alpha value is -0.940. The van der Waals surface area contributed by atoms with E-state index in [1.165, 1.54) is 11.5 Å². The number of hydrogen-bond donors (Lipinski definition) is 1. The lowest BCUT2D eigenvalue weighted by Gasteiger charge is -2.29. The molecule has 1 aliphatic rings. The van der Waals surface area contributed by atoms with E-state index in [-0.39, 0.29) is 17.4 Å². The standard InChI is InChI=1S/C12H18N2O2S/c1-7-10(8(2)15)11(17-14-7)13-12(4)5-6-16-9(12)3/h9,13H,5-6H2,1-4H3. The molecule has 2 atom stereocenters. The second-order valence-electron chi connectivity index (χ2n) is 4.83. The molecular formula is C12H18N2O2S. The summed E-state index contributed by atoms with van der Waals surface area (Å²) in [5.74, 6) is 0.0638. The van der Waals surface area contributed by atoms with Gasteiger partial charge in [-0.1, -0.05) is 0 Å². The van der Waals surface area contributed by atoms with Crippen LogP contribution in [0.1, 0.15) is 43.2 Å². The third kappa shape index (κ3) is 2.21. The maximum atomic E-state index is 11.6. The lowest BCUT2D eigenvalue weighted by Crippen LogP contribution is -2.41. The van der Waals surface area contributed by atoms with Crippen LogP contribution in [-0.2, 0) is 4.74 Å². The van der Waals surface area contributed by atoms with Gasteiger partial charge in [-0.15, -0.1) is 0 Å². The lowest BCUT2D eigenvalue weighted by molar-refractivity contribution is 0.101. The van der Waals surface area contributed by atoms with E-state index in [0.29, 0.717) is 0 Å². The first kappa shape index (κ1) is 12.5. The molecule has 0 saturated carbocycles. The summed E-state index contributed by atoms with van der Waals surface area (Å²) in [5, 5.41) is 4.32. The average Bonchev–Trinajstić information content (AvgIpc) is 2.73. The average molecular weight is 254 g/mol. The number of ketones is 1. The van der Waals surface area contributed by atoms with Crippen molar-refractivity contribution in [2.45, 2.75) is 45.8 Å². The Kier molecular flexibility index (Phi) is 3.23. The van der Waals surface area contributed by atoms with Crippen LogP contribution in [0.25, 0.3) is 0 Å². The number of aromatic nitrogens is 1. The van der Waals surface area contributed by atoms with Gasteiger partial charge in [0, 0.05) is 6.61 Å². The van der Waals surface area contributed by atoms with Gasteiger partial charge in [-0.3, -0.25) is 4.79 Å². The van der Waals surface area contributed by atoms with Gasteiger partial charge in [-0.25, -0.2) is 0 Å². The highest BCUT2D eigenvalue weighted by atomic mass is 32.1. The van der Waals surface area contributed by atoms with Gasteiger partial charge >= 0.3 is 0 Å². The van der Waals surface area contributed by atoms with Gasteiger partial charge in [-0.05, 0) is 45.6 Å². The third-order valence-electron chi connectivity index (χ3n) is 3.50. The number of carbonyl (C=O) groups excluding carboxylic acids is 1. The fourth-order valence-electron chi connectivity index (χ4n) is 2.13. The summed E-state index contributed by atoms with van der Waals surface area (Å²) in [4.78, 5) is 11.6. The van der Waals surface area contributed by atoms with E-state index in [4.69, 9.17) is 4.74 Å². The number of nitrogens with zero attached hydrogens (tertiary/aromatic N) is 1. The predicted octanol–water partition coefficient (Wildman–Crippen LogP) is 2.63. The van der Waals surface area contributed by atoms with Crippen LogP contribution in [-0.4, -0.2) is 28.4 Å². The summed E-state index contributed by atoms with van der Waals surface area (Å²) < 4.78 is 9.84. The molecular weight excluding hydrogens is 236 g/mol. The van der Waals surface area contributed by atoms with Gasteiger partial charge in [0.05, 0.1) is 22.9 Å². The molecule has 1 N–H and O–H groups in total. The topological polar surface area (TPSA) is 51.2 Å². The molecule has 2 rings (SSSR count). The first-order chi connectivity index (χ1) is 7.94. The Morgan fingerprint density at radius 1 is 1.65 bits per heavy atom. The number of nitrogens with one attached hydrogen (secondary N) is 1. The molecule has 1 aromatic heterocycles. The van der Waals surface area contributed by atoms with Crippen molar-refractivity contribution in [1.29, 1.82) is 0 Å². The van der Waals surface area contributed by atoms with E-state index >= 15 is 0 Å². The van der Waals surface area contributed by atoms with E-state index in [1.54, 1.807) is 6.92 Å². The summed E-state index contributed by atoms with van der Waals surface area (Å²) in [6.45, 7) is 8.40. The first-order valence-electron chi connectivity index (χ1n) is 5.81. The van der Waals surface area contributed by atoms with Crippen molar-refractivity contribution >= 4 is 22.3 Å². The van der Waals surface area contributed by atoms with E-state index in [1.807, 2.05) is 6.92 Å². The zero-order chi connectivity index (χ0) is 12.6. The maximum Gasteiger partial charge on any atom is 0.164 e. The smallest absolute Gasteiger partial charge is 0.164 e. The van der Waals surface area contributed by atoms with E-state index in [9.17, 15) is 4.79 Å². The number of ether oxygens (including phenoxy) is 1. The van der Waals surface area contributed by atoms with Gasteiger partial charge in [0.2, 0.25) is 0 Å². The zero-order valence-corrected chi connectivity index (χ0v) is 11.5. The fourth-order valence-corrected chi connectivity index (χ4v) is 3.11. The molecule has 0 bridgehead atoms. The largest absolute Gasteiger partial charge is 0.376 e. The molecule has 4 nitrogen and oxygen atoms in total. The molecule has 0 aliphatic carbocycles. The summed E-state index contributed by atoms with van der Waals surface area (Å²) in [6, 6.07) is 0. The van der Waals surface area contributed by atoms with E-state index in [2.05, 4.69) is 23.5 Å². The van der Waals surface area contributed by atoms with Crippen molar-refractivity contribution in [3.05, 3.63) is 11.3 Å². The van der Waals surface area contributed by atoms with Gasteiger partial charge in [0.1, 0.15) is 5.00 Å². The summed E-state index contributed by atoms with van der Waals surface area (Å²) in [5.41, 5.74) is 1.42. The van der Waals surface area contributed by atoms with Crippen LogP contribution >= 0.6 is 11.5 Å². The van der Waals surface area contributed by atoms with Crippen molar-refractivity contribution in [2.75, 3.05) is 11.9 Å². The number of aryl methyl sites for hydroxylation is 1. The van der Waals surface area contributed by atoms with E-state index < -0.39 is 0 Å². The van der Waals surface area contributed by atoms with Gasteiger partial charge < -0.3 is 10.1 Å². The molecule has 1 saturated heterocycles. The Bertz CT molecular complexity index is 444. The van der Waals surface area contributed by atoms with Crippen LogP contribution in [0.5, 0.6) is 0 Å². The molecule has 0 aromatic carbocycles. The number of Topliss-reactive ketones (excluding diaryl/α,β-unsaturated/α-hetero) is 1. The van der Waals surface area contributed by atoms with E-state index in [0.717, 1.165) is 29.3 Å². The molecule has 1 fully saturated rings. The summed E-state index contributed by atoms with van der Waals surface area (Å²) in [7, 11) is 0. The molecule has 0 spiro atoms. The minimum absolute atomic E-state index is 0.0638. The molecule has 17 heavy (non-hydrogen) atoms. The fraction of sp³-hybridized carbons (Fsp3) is 0.667. The van der Waals surface area contributed by atoms with Crippen molar-refractivity contribution in [3.63, 3.8) is 0 Å². The number of carbonyl (C=O) groups is 1. The van der Waals surface area contributed by atoms with Crippen molar-refractivity contribution in [3.8, 4) is 0 Å². The van der Waals surface area contributed by atoms with Gasteiger partial charge in [-0.2, -0.15) is 4.37 Å². The van der Waals surface area contributed by atoms with Gasteiger partial charge in [0.25, 0.3) is 0 Å². The summed E-state index contributed by atoms with van der Waals surface area (Å²) >= 11 is 1.35. The van der Waals surface area contributed by atoms with Crippen LogP contribution in [0.15, 0.2) is 0 Å². The van der Waals surface area contributed by atoms with Gasteiger partial charge in [0.15, 0.2) is 5.78 Å². The van der Waals surface area contributed by atoms with Crippen LogP contribution < -0.4 is 5.32 Å². The second kappa shape index (κ2) is 4.38. The number of hydrogen-bond acceptors (Lipinski definition) is 5. The monoisotopic (exact) mass is 254 g/mol. The molecule has 94 valence electrons. The third-order valence-corrected chi connectivity index (χ3v) is 4.35. The highest BCUT2D eigenvalue weighted by molar-refractivity contribution is 7.10. The van der Waals surface area contributed by atoms with Crippen molar-refractivity contribution in [2.24, 2.45) is 0 Å². The molecule has 1 aliphatic heterocycles. The predicted molar refractivity (Wildman–Crippen MR) is 68.9 cm³/mol. The molecule has 0 amide bonds. The Morgan fingerprint density at radius 3 is 2.88 bits per heavy atom. The quantitative estimate of drug-likeness (QED) is 0.842. The minimum Gasteiger partial charge on any atom is -0.376 e. The summed E-state index contributed by atoms with van der Waals surface area (Å²) in [6.07, 6.45) is 1.09. The number of rotatable bonds is 3. The molecule has 5 heteroatoms. The second-order valence-corrected chi connectivity index (χ2v) is 5.61. The van der Waals surface area contributed by atoms with Crippen LogP contribution in [0.3, 0.4) is 0 Å². The van der Waals surface area contributed by atoms with Crippen molar-refractivity contribution in [1.82, 2.24) is 4.37 Å². The zero-order valence-electron chi connectivity index (χ0n) is 10.7. The Morgan fingerprint density at radius 2 is 2.35 bits per heavy atom.